The highest BCUT2D eigenvalue weighted by Crippen LogP contribution is 2.33. The second-order valence-electron chi connectivity index (χ2n) is 6.29. The monoisotopic (exact) mass is 358 g/mol. The molecule has 1 N–H and O–H groups in total. The number of hydrogen-bond acceptors (Lipinski definition) is 4. The molecular formula is C16H21F3N4O2. The van der Waals surface area contributed by atoms with Crippen molar-refractivity contribution in [3.8, 4) is 0 Å². The third-order valence-corrected chi connectivity index (χ3v) is 4.08. The predicted molar refractivity (Wildman–Crippen MR) is 86.3 cm³/mol. The van der Waals surface area contributed by atoms with Crippen LogP contribution in [0.3, 0.4) is 0 Å². The summed E-state index contributed by atoms with van der Waals surface area (Å²) < 4.78 is 40.0. The minimum Gasteiger partial charge on any atom is -0.363 e. The van der Waals surface area contributed by atoms with Gasteiger partial charge in [-0.1, -0.05) is 0 Å². The lowest BCUT2D eigenvalue weighted by molar-refractivity contribution is -0.184. The third-order valence-electron chi connectivity index (χ3n) is 4.08. The second-order valence-corrected chi connectivity index (χ2v) is 6.29. The van der Waals surface area contributed by atoms with Crippen LogP contribution in [-0.4, -0.2) is 60.6 Å². The highest BCUT2D eigenvalue weighted by atomic mass is 19.4. The quantitative estimate of drug-likeness (QED) is 0.895. The minimum atomic E-state index is -4.52. The Balaban J connectivity index is 2.25. The van der Waals surface area contributed by atoms with E-state index in [1.54, 1.807) is 25.1 Å². The van der Waals surface area contributed by atoms with Crippen LogP contribution in [0.4, 0.5) is 19.0 Å². The molecule has 1 saturated heterocycles. The van der Waals surface area contributed by atoms with Gasteiger partial charge in [-0.05, 0) is 25.0 Å². The van der Waals surface area contributed by atoms with E-state index in [4.69, 9.17) is 0 Å². The van der Waals surface area contributed by atoms with Crippen molar-refractivity contribution in [1.29, 1.82) is 0 Å². The van der Waals surface area contributed by atoms with Gasteiger partial charge in [-0.3, -0.25) is 9.59 Å². The summed E-state index contributed by atoms with van der Waals surface area (Å²) in [6, 6.07) is 0.679. The molecule has 25 heavy (non-hydrogen) atoms. The molecule has 9 heteroatoms. The fourth-order valence-corrected chi connectivity index (χ4v) is 2.88. The Morgan fingerprint density at radius 2 is 1.96 bits per heavy atom. The summed E-state index contributed by atoms with van der Waals surface area (Å²) in [5, 5.41) is 2.59. The maximum absolute atomic E-state index is 13.3. The van der Waals surface area contributed by atoms with Gasteiger partial charge in [0.1, 0.15) is 11.9 Å². The van der Waals surface area contributed by atoms with Crippen molar-refractivity contribution in [1.82, 2.24) is 15.2 Å². The largest absolute Gasteiger partial charge is 0.408 e. The lowest BCUT2D eigenvalue weighted by atomic mass is 9.96. The van der Waals surface area contributed by atoms with E-state index in [1.165, 1.54) is 19.2 Å². The summed E-state index contributed by atoms with van der Waals surface area (Å²) in [6.45, 7) is 1.12. The maximum atomic E-state index is 13.3. The van der Waals surface area contributed by atoms with Crippen molar-refractivity contribution in [2.45, 2.75) is 38.0 Å². The summed E-state index contributed by atoms with van der Waals surface area (Å²) in [5.74, 6) is -0.478. The number of carbonyl (C=O) groups is 2. The molecule has 2 heterocycles. The molecule has 138 valence electrons. The molecule has 6 nitrogen and oxygen atoms in total. The van der Waals surface area contributed by atoms with Gasteiger partial charge in [-0.25, -0.2) is 4.98 Å². The molecule has 1 aromatic heterocycles. The molecule has 1 aliphatic rings. The Morgan fingerprint density at radius 1 is 1.28 bits per heavy atom. The van der Waals surface area contributed by atoms with Crippen LogP contribution in [0.15, 0.2) is 18.3 Å². The first-order chi connectivity index (χ1) is 11.6. The normalized spacial score (nSPS) is 21.0. The first-order valence-corrected chi connectivity index (χ1v) is 7.87. The van der Waals surface area contributed by atoms with Gasteiger partial charge in [0, 0.05) is 39.8 Å². The van der Waals surface area contributed by atoms with Crippen LogP contribution in [0.5, 0.6) is 0 Å². The van der Waals surface area contributed by atoms with Gasteiger partial charge in [0.05, 0.1) is 5.56 Å². The Bertz CT molecular complexity index is 631. The number of likely N-dealkylation sites (tertiary alicyclic amines) is 1. The van der Waals surface area contributed by atoms with Crippen molar-refractivity contribution in [2.75, 3.05) is 25.5 Å². The van der Waals surface area contributed by atoms with Gasteiger partial charge in [-0.2, -0.15) is 13.2 Å². The molecule has 2 unspecified atom stereocenters. The van der Waals surface area contributed by atoms with Gasteiger partial charge >= 0.3 is 6.18 Å². The summed E-state index contributed by atoms with van der Waals surface area (Å²) in [5.41, 5.74) is 0.0864. The van der Waals surface area contributed by atoms with Crippen LogP contribution in [-0.2, 0) is 4.79 Å². The van der Waals surface area contributed by atoms with Gasteiger partial charge < -0.3 is 15.1 Å². The number of amides is 2. The van der Waals surface area contributed by atoms with Crippen LogP contribution in [0.25, 0.3) is 0 Å². The summed E-state index contributed by atoms with van der Waals surface area (Å²) in [4.78, 5) is 30.4. The van der Waals surface area contributed by atoms with E-state index in [1.807, 2.05) is 0 Å². The minimum absolute atomic E-state index is 0.0864. The van der Waals surface area contributed by atoms with E-state index in [9.17, 15) is 22.8 Å². The fourth-order valence-electron chi connectivity index (χ4n) is 2.88. The first-order valence-electron chi connectivity index (χ1n) is 7.87. The Morgan fingerprint density at radius 3 is 2.44 bits per heavy atom. The average Bonchev–Trinajstić information content (AvgIpc) is 2.52. The molecule has 0 radical (unpaired) electrons. The molecule has 0 saturated carbocycles. The van der Waals surface area contributed by atoms with Gasteiger partial charge in [-0.15, -0.1) is 0 Å². The molecule has 2 amide bonds. The average molecular weight is 358 g/mol. The van der Waals surface area contributed by atoms with Gasteiger partial charge in [0.25, 0.3) is 5.91 Å². The molecule has 2 atom stereocenters. The van der Waals surface area contributed by atoms with E-state index in [0.29, 0.717) is 5.82 Å². The number of nitrogens with one attached hydrogen (secondary N) is 1. The van der Waals surface area contributed by atoms with Crippen LogP contribution in [0.2, 0.25) is 0 Å². The standard InChI is InChI=1S/C16H21F3N4O2/c1-10(24)21-12-5-6-13(16(17,18)19)23(9-12)15(25)11-4-7-14(20-8-11)22(2)3/h4,7-8,12-13H,5-6,9H2,1-3H3,(H,21,24). The number of piperidine rings is 1. The fraction of sp³-hybridized carbons (Fsp3) is 0.562. The van der Waals surface area contributed by atoms with Crippen molar-refractivity contribution >= 4 is 17.6 Å². The van der Waals surface area contributed by atoms with E-state index < -0.39 is 24.2 Å². The van der Waals surface area contributed by atoms with Crippen LogP contribution < -0.4 is 10.2 Å². The number of pyridine rings is 1. The van der Waals surface area contributed by atoms with Gasteiger partial charge in [0.15, 0.2) is 0 Å². The molecule has 2 rings (SSSR count). The Kier molecular flexibility index (Phi) is 5.54. The smallest absolute Gasteiger partial charge is 0.363 e. The summed E-state index contributed by atoms with van der Waals surface area (Å²) in [7, 11) is 3.54. The molecule has 0 aromatic carbocycles. The molecule has 1 fully saturated rings. The Labute approximate surface area is 144 Å². The van der Waals surface area contributed by atoms with Gasteiger partial charge in [0.2, 0.25) is 5.91 Å². The van der Waals surface area contributed by atoms with E-state index in [0.717, 1.165) is 4.90 Å². The van der Waals surface area contributed by atoms with E-state index >= 15 is 0 Å². The molecule has 1 aliphatic heterocycles. The van der Waals surface area contributed by atoms with Crippen molar-refractivity contribution in [3.05, 3.63) is 23.9 Å². The lowest BCUT2D eigenvalue weighted by Gasteiger charge is -2.40. The highest BCUT2D eigenvalue weighted by Gasteiger charge is 2.48. The number of rotatable bonds is 3. The molecular weight excluding hydrogens is 337 g/mol. The number of nitrogens with zero attached hydrogens (tertiary/aromatic N) is 3. The zero-order valence-electron chi connectivity index (χ0n) is 14.3. The van der Waals surface area contributed by atoms with Crippen molar-refractivity contribution in [2.24, 2.45) is 0 Å². The summed E-state index contributed by atoms with van der Waals surface area (Å²) >= 11 is 0. The van der Waals surface area contributed by atoms with Crippen molar-refractivity contribution in [3.63, 3.8) is 0 Å². The predicted octanol–water partition coefficient (Wildman–Crippen LogP) is 1.82. The molecule has 0 bridgehead atoms. The molecule has 0 aliphatic carbocycles. The number of alkyl halides is 3. The number of halogens is 3. The van der Waals surface area contributed by atoms with E-state index in [-0.39, 0.29) is 30.9 Å². The van der Waals surface area contributed by atoms with Crippen LogP contribution in [0.1, 0.15) is 30.1 Å². The molecule has 0 spiro atoms. The number of hydrogen-bond donors (Lipinski definition) is 1. The second kappa shape index (κ2) is 7.28. The zero-order valence-corrected chi connectivity index (χ0v) is 14.3. The first kappa shape index (κ1) is 19.0. The van der Waals surface area contributed by atoms with Crippen molar-refractivity contribution < 1.29 is 22.8 Å². The van der Waals surface area contributed by atoms with E-state index in [2.05, 4.69) is 10.3 Å². The number of anilines is 1. The van der Waals surface area contributed by atoms with Crippen LogP contribution in [0, 0.1) is 0 Å². The maximum Gasteiger partial charge on any atom is 0.408 e. The number of carbonyl (C=O) groups excluding carboxylic acids is 2. The lowest BCUT2D eigenvalue weighted by Crippen LogP contribution is -2.58. The summed E-state index contributed by atoms with van der Waals surface area (Å²) in [6.07, 6.45) is -3.32. The SMILES string of the molecule is CC(=O)NC1CCC(C(F)(F)F)N(C(=O)c2ccc(N(C)C)nc2)C1. The topological polar surface area (TPSA) is 65.5 Å². The van der Waals surface area contributed by atoms with Crippen LogP contribution >= 0.6 is 0 Å². The third kappa shape index (κ3) is 4.61. The number of aromatic nitrogens is 1. The molecule has 1 aromatic rings. The highest BCUT2D eigenvalue weighted by molar-refractivity contribution is 5.94. The Hall–Kier alpha value is -2.32. The zero-order chi connectivity index (χ0) is 18.8.